The topological polar surface area (TPSA) is 32.5 Å². The largest absolute Gasteiger partial charge is 0.389 e. The highest BCUT2D eigenvalue weighted by molar-refractivity contribution is 7.80. The van der Waals surface area contributed by atoms with Crippen LogP contribution in [0.15, 0.2) is 24.3 Å². The molecule has 3 nitrogen and oxygen atoms in total. The lowest BCUT2D eigenvalue weighted by atomic mass is 10.0. The van der Waals surface area contributed by atoms with Gasteiger partial charge in [-0.05, 0) is 51.2 Å². The van der Waals surface area contributed by atoms with Gasteiger partial charge in [0.05, 0.1) is 0 Å². The summed E-state index contributed by atoms with van der Waals surface area (Å²) in [4.78, 5) is 5.22. The molecule has 1 unspecified atom stereocenters. The zero-order valence-electron chi connectivity index (χ0n) is 11.1. The molecule has 1 atom stereocenters. The summed E-state index contributed by atoms with van der Waals surface area (Å²) < 4.78 is 0. The maximum atomic E-state index is 5.62. The normalized spacial score (nSPS) is 20.2. The fraction of sp³-hybridized carbons (Fsp3) is 0.500. The standard InChI is InChI=1S/C14H21N3S/c1-16(2)13-4-3-9-17(10-13)12-7-5-11(6-8-12)14(15)18/h5-8,13H,3-4,9-10H2,1-2H3,(H2,15,18). The number of rotatable bonds is 3. The van der Waals surface area contributed by atoms with Crippen molar-refractivity contribution in [1.82, 2.24) is 4.90 Å². The molecule has 1 aliphatic rings. The van der Waals surface area contributed by atoms with Gasteiger partial charge in [-0.2, -0.15) is 0 Å². The molecule has 1 aromatic rings. The number of likely N-dealkylation sites (N-methyl/N-ethyl adjacent to an activating group) is 1. The summed E-state index contributed by atoms with van der Waals surface area (Å²) in [6.45, 7) is 2.23. The van der Waals surface area contributed by atoms with Gasteiger partial charge in [-0.3, -0.25) is 0 Å². The highest BCUT2D eigenvalue weighted by atomic mass is 32.1. The van der Waals surface area contributed by atoms with Crippen LogP contribution >= 0.6 is 12.2 Å². The van der Waals surface area contributed by atoms with Crippen LogP contribution in [0.25, 0.3) is 0 Å². The third-order valence-electron chi connectivity index (χ3n) is 3.64. The summed E-state index contributed by atoms with van der Waals surface area (Å²) >= 11 is 4.97. The summed E-state index contributed by atoms with van der Waals surface area (Å²) in [6.07, 6.45) is 2.54. The third-order valence-corrected chi connectivity index (χ3v) is 3.88. The first kappa shape index (κ1) is 13.3. The predicted molar refractivity (Wildman–Crippen MR) is 81.3 cm³/mol. The van der Waals surface area contributed by atoms with Crippen molar-refractivity contribution in [3.8, 4) is 0 Å². The van der Waals surface area contributed by atoms with Gasteiger partial charge in [0.25, 0.3) is 0 Å². The zero-order chi connectivity index (χ0) is 13.1. The lowest BCUT2D eigenvalue weighted by Gasteiger charge is -2.37. The van der Waals surface area contributed by atoms with Crippen LogP contribution in [0.1, 0.15) is 18.4 Å². The fourth-order valence-corrected chi connectivity index (χ4v) is 2.58. The predicted octanol–water partition coefficient (Wildman–Crippen LogP) is 1.85. The van der Waals surface area contributed by atoms with Gasteiger partial charge in [-0.25, -0.2) is 0 Å². The molecule has 1 aliphatic heterocycles. The Kier molecular flexibility index (Phi) is 4.19. The van der Waals surface area contributed by atoms with Crippen LogP contribution in [0.5, 0.6) is 0 Å². The molecule has 18 heavy (non-hydrogen) atoms. The van der Waals surface area contributed by atoms with Crippen molar-refractivity contribution in [2.45, 2.75) is 18.9 Å². The molecule has 0 amide bonds. The Morgan fingerprint density at radius 1 is 1.33 bits per heavy atom. The number of anilines is 1. The van der Waals surface area contributed by atoms with Crippen LogP contribution in [0.4, 0.5) is 5.69 Å². The minimum absolute atomic E-state index is 0.464. The van der Waals surface area contributed by atoms with E-state index in [0.29, 0.717) is 11.0 Å². The SMILES string of the molecule is CN(C)C1CCCN(c2ccc(C(N)=S)cc2)C1. The number of nitrogens with two attached hydrogens (primary N) is 1. The van der Waals surface area contributed by atoms with E-state index in [4.69, 9.17) is 18.0 Å². The minimum atomic E-state index is 0.464. The molecular weight excluding hydrogens is 242 g/mol. The highest BCUT2D eigenvalue weighted by Crippen LogP contribution is 2.22. The average Bonchev–Trinajstić information content (AvgIpc) is 2.39. The van der Waals surface area contributed by atoms with E-state index in [1.165, 1.54) is 18.5 Å². The number of nitrogens with zero attached hydrogens (tertiary/aromatic N) is 2. The van der Waals surface area contributed by atoms with E-state index in [1.54, 1.807) is 0 Å². The Morgan fingerprint density at radius 2 is 2.00 bits per heavy atom. The molecule has 0 aromatic heterocycles. The van der Waals surface area contributed by atoms with E-state index >= 15 is 0 Å². The lowest BCUT2D eigenvalue weighted by molar-refractivity contribution is 0.258. The maximum absolute atomic E-state index is 5.62. The second-order valence-corrected chi connectivity index (χ2v) is 5.56. The molecule has 0 spiro atoms. The number of benzene rings is 1. The number of hydrogen-bond acceptors (Lipinski definition) is 3. The molecule has 0 bridgehead atoms. The van der Waals surface area contributed by atoms with Crippen LogP contribution in [0.3, 0.4) is 0 Å². The first-order chi connectivity index (χ1) is 8.58. The van der Waals surface area contributed by atoms with E-state index in [1.807, 2.05) is 12.1 Å². The first-order valence-electron chi connectivity index (χ1n) is 6.39. The van der Waals surface area contributed by atoms with Gasteiger partial charge in [0.15, 0.2) is 0 Å². The van der Waals surface area contributed by atoms with Crippen molar-refractivity contribution in [3.05, 3.63) is 29.8 Å². The zero-order valence-corrected chi connectivity index (χ0v) is 11.9. The highest BCUT2D eigenvalue weighted by Gasteiger charge is 2.21. The van der Waals surface area contributed by atoms with Crippen LogP contribution in [-0.4, -0.2) is 43.1 Å². The summed E-state index contributed by atoms with van der Waals surface area (Å²) in [5.74, 6) is 0. The molecule has 1 fully saturated rings. The van der Waals surface area contributed by atoms with Gasteiger partial charge < -0.3 is 15.5 Å². The van der Waals surface area contributed by atoms with Gasteiger partial charge in [0, 0.05) is 30.4 Å². The lowest BCUT2D eigenvalue weighted by Crippen LogP contribution is -2.45. The van der Waals surface area contributed by atoms with Crippen LogP contribution < -0.4 is 10.6 Å². The van der Waals surface area contributed by atoms with Crippen molar-refractivity contribution in [3.63, 3.8) is 0 Å². The Morgan fingerprint density at radius 3 is 2.56 bits per heavy atom. The second-order valence-electron chi connectivity index (χ2n) is 5.12. The van der Waals surface area contributed by atoms with Gasteiger partial charge >= 0.3 is 0 Å². The Hall–Kier alpha value is -1.13. The molecule has 1 saturated heterocycles. The number of piperidine rings is 1. The molecule has 98 valence electrons. The summed E-state index contributed by atoms with van der Waals surface area (Å²) in [6, 6.07) is 8.90. The quantitative estimate of drug-likeness (QED) is 0.844. The van der Waals surface area contributed by atoms with Gasteiger partial charge in [0.1, 0.15) is 4.99 Å². The van der Waals surface area contributed by atoms with Gasteiger partial charge in [-0.1, -0.05) is 12.2 Å². The van der Waals surface area contributed by atoms with Crippen LogP contribution in [0.2, 0.25) is 0 Å². The van der Waals surface area contributed by atoms with Gasteiger partial charge in [0.2, 0.25) is 0 Å². The van der Waals surface area contributed by atoms with E-state index < -0.39 is 0 Å². The molecule has 0 aliphatic carbocycles. The van der Waals surface area contributed by atoms with E-state index in [-0.39, 0.29) is 0 Å². The van der Waals surface area contributed by atoms with E-state index in [2.05, 4.69) is 36.0 Å². The smallest absolute Gasteiger partial charge is 0.103 e. The Bertz CT molecular complexity index is 414. The van der Waals surface area contributed by atoms with Crippen molar-refractivity contribution >= 4 is 22.9 Å². The summed E-state index contributed by atoms with van der Waals surface area (Å²) in [5.41, 5.74) is 7.82. The van der Waals surface area contributed by atoms with Crippen molar-refractivity contribution in [2.24, 2.45) is 5.73 Å². The molecule has 4 heteroatoms. The van der Waals surface area contributed by atoms with Crippen LogP contribution in [-0.2, 0) is 0 Å². The van der Waals surface area contributed by atoms with Crippen molar-refractivity contribution in [1.29, 1.82) is 0 Å². The Labute approximate surface area is 115 Å². The van der Waals surface area contributed by atoms with Crippen molar-refractivity contribution < 1.29 is 0 Å². The fourth-order valence-electron chi connectivity index (χ4n) is 2.45. The minimum Gasteiger partial charge on any atom is -0.389 e. The molecule has 1 aromatic carbocycles. The summed E-state index contributed by atoms with van der Waals surface area (Å²) in [5, 5.41) is 0. The third kappa shape index (κ3) is 3.00. The van der Waals surface area contributed by atoms with E-state index in [9.17, 15) is 0 Å². The molecular formula is C14H21N3S. The second kappa shape index (κ2) is 5.67. The molecule has 0 radical (unpaired) electrons. The molecule has 0 saturated carbocycles. The molecule has 2 rings (SSSR count). The molecule has 1 heterocycles. The van der Waals surface area contributed by atoms with Crippen LogP contribution in [0, 0.1) is 0 Å². The first-order valence-corrected chi connectivity index (χ1v) is 6.80. The average molecular weight is 263 g/mol. The van der Waals surface area contributed by atoms with Gasteiger partial charge in [-0.15, -0.1) is 0 Å². The number of thiocarbonyl (C=S) groups is 1. The Balaban J connectivity index is 2.09. The van der Waals surface area contributed by atoms with E-state index in [0.717, 1.165) is 18.7 Å². The number of hydrogen-bond donors (Lipinski definition) is 1. The molecule has 2 N–H and O–H groups in total. The van der Waals surface area contributed by atoms with Crippen molar-refractivity contribution in [2.75, 3.05) is 32.1 Å². The summed E-state index contributed by atoms with van der Waals surface area (Å²) in [7, 11) is 4.31. The monoisotopic (exact) mass is 263 g/mol. The maximum Gasteiger partial charge on any atom is 0.103 e.